The largest absolute Gasteiger partial charge is 0.365 e. The molecule has 0 fully saturated rings. The second-order valence-electron chi connectivity index (χ2n) is 6.16. The van der Waals surface area contributed by atoms with Crippen LogP contribution in [-0.2, 0) is 0 Å². The van der Waals surface area contributed by atoms with Crippen molar-refractivity contribution in [1.29, 1.82) is 0 Å². The van der Waals surface area contributed by atoms with E-state index in [9.17, 15) is 4.79 Å². The monoisotopic (exact) mass is 351 g/mol. The third-order valence-corrected chi connectivity index (χ3v) is 5.27. The van der Waals surface area contributed by atoms with Crippen LogP contribution in [0.25, 0.3) is 5.57 Å². The summed E-state index contributed by atoms with van der Waals surface area (Å²) in [5.41, 5.74) is 4.09. The van der Waals surface area contributed by atoms with E-state index in [0.29, 0.717) is 5.75 Å². The minimum atomic E-state index is -0.00468. The summed E-state index contributed by atoms with van der Waals surface area (Å²) in [7, 11) is 4.09. The van der Waals surface area contributed by atoms with Gasteiger partial charge < -0.3 is 10.2 Å². The molecule has 0 bridgehead atoms. The molecule has 124 valence electrons. The van der Waals surface area contributed by atoms with E-state index >= 15 is 0 Å². The van der Waals surface area contributed by atoms with Crippen molar-refractivity contribution in [2.45, 2.75) is 11.5 Å². The van der Waals surface area contributed by atoms with Crippen LogP contribution in [0.2, 0.25) is 0 Å². The number of nitrogens with one attached hydrogen (secondary N) is 2. The van der Waals surface area contributed by atoms with Gasteiger partial charge in [-0.15, -0.1) is 11.6 Å². The fraction of sp³-hybridized carbons (Fsp3) is 0.471. The highest BCUT2D eigenvalue weighted by atomic mass is 35.5. The zero-order valence-corrected chi connectivity index (χ0v) is 15.0. The molecule has 23 heavy (non-hydrogen) atoms. The van der Waals surface area contributed by atoms with Gasteiger partial charge >= 0.3 is 0 Å². The van der Waals surface area contributed by atoms with Crippen LogP contribution in [0.15, 0.2) is 24.3 Å². The first-order valence-corrected chi connectivity index (χ1v) is 9.39. The van der Waals surface area contributed by atoms with Gasteiger partial charge in [0.05, 0.1) is 11.1 Å². The highest BCUT2D eigenvalue weighted by molar-refractivity contribution is 8.00. The van der Waals surface area contributed by atoms with Crippen LogP contribution in [0.3, 0.4) is 0 Å². The normalized spacial score (nSPS) is 22.3. The predicted molar refractivity (Wildman–Crippen MR) is 99.7 cm³/mol. The Bertz CT molecular complexity index is 632. The first-order valence-electron chi connectivity index (χ1n) is 7.80. The molecule has 1 aromatic carbocycles. The van der Waals surface area contributed by atoms with E-state index in [2.05, 4.69) is 21.6 Å². The molecule has 0 radical (unpaired) electrons. The molecule has 2 heterocycles. The van der Waals surface area contributed by atoms with Crippen LogP contribution in [-0.4, -0.2) is 60.9 Å². The Morgan fingerprint density at radius 1 is 1.43 bits per heavy atom. The Kier molecular flexibility index (Phi) is 5.31. The molecule has 2 aliphatic rings. The van der Waals surface area contributed by atoms with E-state index < -0.39 is 0 Å². The molecule has 2 atom stereocenters. The van der Waals surface area contributed by atoms with E-state index in [1.807, 2.05) is 32.3 Å². The van der Waals surface area contributed by atoms with E-state index in [4.69, 9.17) is 11.6 Å². The van der Waals surface area contributed by atoms with E-state index in [1.54, 1.807) is 11.8 Å². The quantitative estimate of drug-likeness (QED) is 0.468. The molecule has 2 aliphatic heterocycles. The average molecular weight is 352 g/mol. The maximum atomic E-state index is 12.4. The highest BCUT2D eigenvalue weighted by Crippen LogP contribution is 2.37. The van der Waals surface area contributed by atoms with Crippen LogP contribution < -0.4 is 10.6 Å². The molecule has 0 amide bonds. The summed E-state index contributed by atoms with van der Waals surface area (Å²) in [6.45, 7) is 1.74. The predicted octanol–water partition coefficient (Wildman–Crippen LogP) is 2.51. The third kappa shape index (κ3) is 3.91. The smallest absolute Gasteiger partial charge is 0.172 e. The van der Waals surface area contributed by atoms with Crippen LogP contribution in [0.4, 0.5) is 5.69 Å². The zero-order chi connectivity index (χ0) is 16.4. The number of anilines is 1. The lowest BCUT2D eigenvalue weighted by Gasteiger charge is -2.22. The van der Waals surface area contributed by atoms with Gasteiger partial charge in [0, 0.05) is 35.7 Å². The van der Waals surface area contributed by atoms with Crippen molar-refractivity contribution >= 4 is 40.4 Å². The van der Waals surface area contributed by atoms with Gasteiger partial charge in [0.15, 0.2) is 5.78 Å². The Morgan fingerprint density at radius 2 is 2.26 bits per heavy atom. The molecule has 1 aromatic rings. The number of benzene rings is 1. The zero-order valence-electron chi connectivity index (χ0n) is 13.4. The molecule has 3 rings (SSSR count). The lowest BCUT2D eigenvalue weighted by atomic mass is 9.99. The summed E-state index contributed by atoms with van der Waals surface area (Å²) in [6, 6.07) is 5.91. The summed E-state index contributed by atoms with van der Waals surface area (Å²) in [5, 5.41) is 6.80. The molecular formula is C17H22ClN3OS. The Labute approximate surface area is 146 Å². The van der Waals surface area contributed by atoms with Gasteiger partial charge in [-0.2, -0.15) is 11.8 Å². The molecule has 2 unspecified atom stereocenters. The number of nitrogens with zero attached hydrogens (tertiary/aromatic N) is 1. The van der Waals surface area contributed by atoms with E-state index in [0.717, 1.165) is 41.2 Å². The van der Waals surface area contributed by atoms with Crippen molar-refractivity contribution < 1.29 is 4.79 Å². The maximum absolute atomic E-state index is 12.4. The van der Waals surface area contributed by atoms with Gasteiger partial charge in [-0.1, -0.05) is 6.08 Å². The molecular weight excluding hydrogens is 330 g/mol. The van der Waals surface area contributed by atoms with Crippen molar-refractivity contribution in [3.05, 3.63) is 35.4 Å². The van der Waals surface area contributed by atoms with E-state index in [1.165, 1.54) is 0 Å². The number of ketones is 1. The summed E-state index contributed by atoms with van der Waals surface area (Å²) < 4.78 is 0. The van der Waals surface area contributed by atoms with Gasteiger partial charge in [-0.05, 0) is 37.9 Å². The van der Waals surface area contributed by atoms with Crippen molar-refractivity contribution in [1.82, 2.24) is 10.2 Å². The first-order chi connectivity index (χ1) is 11.0. The molecule has 0 saturated heterocycles. The maximum Gasteiger partial charge on any atom is 0.172 e. The van der Waals surface area contributed by atoms with Crippen molar-refractivity contribution in [3.63, 3.8) is 0 Å². The number of fused-ring (bicyclic) bond motifs is 3. The van der Waals surface area contributed by atoms with Gasteiger partial charge in [-0.3, -0.25) is 10.1 Å². The van der Waals surface area contributed by atoms with Crippen LogP contribution in [0.5, 0.6) is 0 Å². The number of carbonyl (C=O) groups is 1. The summed E-state index contributed by atoms with van der Waals surface area (Å²) in [5.74, 6) is 1.68. The average Bonchev–Trinajstić information content (AvgIpc) is 2.88. The number of alkyl halides is 1. The Balaban J connectivity index is 1.69. The molecule has 0 saturated carbocycles. The van der Waals surface area contributed by atoms with Crippen molar-refractivity contribution in [3.8, 4) is 0 Å². The number of thioether (sulfide) groups is 1. The van der Waals surface area contributed by atoms with Gasteiger partial charge in [0.2, 0.25) is 0 Å². The van der Waals surface area contributed by atoms with Gasteiger partial charge in [0.25, 0.3) is 0 Å². The fourth-order valence-electron chi connectivity index (χ4n) is 2.80. The number of hydrogen-bond acceptors (Lipinski definition) is 5. The number of halogens is 1. The van der Waals surface area contributed by atoms with Crippen molar-refractivity contribution in [2.75, 3.05) is 44.0 Å². The lowest BCUT2D eigenvalue weighted by molar-refractivity contribution is 0.102. The first kappa shape index (κ1) is 16.8. The minimum Gasteiger partial charge on any atom is -0.365 e. The standard InChI is InChI=1S/C17H22ClN3OS/c1-21(2)5-6-23-10-16(22)11-3-4-15-13(7-11)14-8-12(18)9-19-17(14)20-15/h3-4,7-8,12,17,19-20H,5-6,9-10H2,1-2H3. The SMILES string of the molecule is CN(C)CCSCC(=O)c1ccc2c(c1)C1=CC(Cl)CNC1N2. The molecule has 0 aliphatic carbocycles. The van der Waals surface area contributed by atoms with Crippen molar-refractivity contribution in [2.24, 2.45) is 0 Å². The Morgan fingerprint density at radius 3 is 3.04 bits per heavy atom. The fourth-order valence-corrected chi connectivity index (χ4v) is 4.01. The summed E-state index contributed by atoms with van der Waals surface area (Å²) >= 11 is 7.91. The van der Waals surface area contributed by atoms with Crippen LogP contribution >= 0.6 is 23.4 Å². The Hall–Kier alpha value is -1.01. The summed E-state index contributed by atoms with van der Waals surface area (Å²) in [4.78, 5) is 14.5. The van der Waals surface area contributed by atoms with Gasteiger partial charge in [-0.25, -0.2) is 0 Å². The topological polar surface area (TPSA) is 44.4 Å². The molecule has 0 aromatic heterocycles. The summed E-state index contributed by atoms with van der Waals surface area (Å²) in [6.07, 6.45) is 2.20. The number of hydrogen-bond donors (Lipinski definition) is 2. The number of carbonyl (C=O) groups excluding carboxylic acids is 1. The molecule has 2 N–H and O–H groups in total. The number of Topliss-reactive ketones (excluding diaryl/α,β-unsaturated/α-hetero) is 1. The minimum absolute atomic E-state index is 0.00468. The highest BCUT2D eigenvalue weighted by Gasteiger charge is 2.30. The van der Waals surface area contributed by atoms with Gasteiger partial charge in [0.1, 0.15) is 6.17 Å². The molecule has 6 heteroatoms. The second kappa shape index (κ2) is 7.26. The molecule has 0 spiro atoms. The van der Waals surface area contributed by atoms with E-state index in [-0.39, 0.29) is 17.3 Å². The van der Waals surface area contributed by atoms with Crippen LogP contribution in [0, 0.1) is 0 Å². The third-order valence-electron chi connectivity index (χ3n) is 4.06. The second-order valence-corrected chi connectivity index (χ2v) is 7.83. The number of rotatable bonds is 6. The van der Waals surface area contributed by atoms with Crippen LogP contribution in [0.1, 0.15) is 15.9 Å². The lowest BCUT2D eigenvalue weighted by Crippen LogP contribution is -2.40. The molecule has 4 nitrogen and oxygen atoms in total.